The molecule has 0 saturated carbocycles. The highest BCUT2D eigenvalue weighted by molar-refractivity contribution is 5.81. The molecule has 1 N–H and O–H groups in total. The molecule has 9 heteroatoms. The van der Waals surface area contributed by atoms with Crippen molar-refractivity contribution in [2.45, 2.75) is 20.4 Å². The molecule has 2 aliphatic rings. The van der Waals surface area contributed by atoms with Gasteiger partial charge in [0.15, 0.2) is 11.5 Å². The van der Waals surface area contributed by atoms with E-state index < -0.39 is 11.2 Å². The Morgan fingerprint density at radius 2 is 1.66 bits per heavy atom. The first-order valence-electron chi connectivity index (χ1n) is 11.0. The molecule has 0 aliphatic carbocycles. The summed E-state index contributed by atoms with van der Waals surface area (Å²) in [5, 5.41) is 0. The van der Waals surface area contributed by atoms with Gasteiger partial charge in [-0.3, -0.25) is 14.7 Å². The highest BCUT2D eigenvalue weighted by atomic mass is 16.2. The third kappa shape index (κ3) is 5.59. The number of aryl methyl sites for hydroxylation is 2. The lowest BCUT2D eigenvalue weighted by molar-refractivity contribution is -0.890. The maximum absolute atomic E-state index is 12.5. The Morgan fingerprint density at radius 1 is 0.969 bits per heavy atom. The fraction of sp³-hybridized carbons (Fsp3) is 0.565. The first-order chi connectivity index (χ1) is 15.0. The molecule has 0 saturated heterocycles. The number of H-pyrrole nitrogens is 1. The van der Waals surface area contributed by atoms with Gasteiger partial charge in [-0.2, -0.15) is 4.98 Å². The van der Waals surface area contributed by atoms with Crippen molar-refractivity contribution in [1.29, 1.82) is 0 Å². The van der Waals surface area contributed by atoms with Gasteiger partial charge in [0, 0.05) is 19.6 Å². The predicted octanol–water partition coefficient (Wildman–Crippen LogP) is 0.771. The second kappa shape index (κ2) is 9.48. The topological polar surface area (TPSA) is 87.1 Å². The molecule has 1 aromatic rings. The zero-order valence-electron chi connectivity index (χ0n) is 20.4. The minimum atomic E-state index is -0.641. The molecule has 0 fully saturated rings. The van der Waals surface area contributed by atoms with Gasteiger partial charge >= 0.3 is 5.69 Å². The van der Waals surface area contributed by atoms with Crippen LogP contribution in [0.3, 0.4) is 0 Å². The standard InChI is InChI=1S/C23H35N7O2/c1-16-14-18-19(15-17(16)2)29(21-20(24-18)22(31)26-23(32)25-21)11-13-30(6,7)12-10-28(5)9-8-27(3)4/h14-15H,8-13H2,1-7H3/p+1. The van der Waals surface area contributed by atoms with Crippen molar-refractivity contribution >= 4 is 11.0 Å². The van der Waals surface area contributed by atoms with Crippen molar-refractivity contribution in [3.8, 4) is 11.5 Å². The lowest BCUT2D eigenvalue weighted by Gasteiger charge is -2.32. The first kappa shape index (κ1) is 24.0. The van der Waals surface area contributed by atoms with Crippen LogP contribution in [-0.4, -0.2) is 102 Å². The first-order valence-corrected chi connectivity index (χ1v) is 11.0. The van der Waals surface area contributed by atoms with Crippen molar-refractivity contribution in [1.82, 2.24) is 29.3 Å². The van der Waals surface area contributed by atoms with Gasteiger partial charge < -0.3 is 14.0 Å². The van der Waals surface area contributed by atoms with E-state index >= 15 is 0 Å². The number of quaternary nitrogens is 1. The van der Waals surface area contributed by atoms with E-state index in [2.05, 4.69) is 73.0 Å². The van der Waals surface area contributed by atoms with Crippen LogP contribution in [0.4, 0.5) is 0 Å². The second-order valence-corrected chi connectivity index (χ2v) is 9.72. The highest BCUT2D eigenvalue weighted by Gasteiger charge is 2.22. The van der Waals surface area contributed by atoms with Gasteiger partial charge in [-0.05, 0) is 58.3 Å². The molecule has 2 heterocycles. The summed E-state index contributed by atoms with van der Waals surface area (Å²) in [5.41, 5.74) is 2.94. The van der Waals surface area contributed by atoms with Crippen LogP contribution >= 0.6 is 0 Å². The average Bonchev–Trinajstić information content (AvgIpc) is 2.70. The van der Waals surface area contributed by atoms with Crippen molar-refractivity contribution < 1.29 is 4.48 Å². The third-order valence-electron chi connectivity index (χ3n) is 6.17. The van der Waals surface area contributed by atoms with Crippen LogP contribution in [0.2, 0.25) is 0 Å². The monoisotopic (exact) mass is 442 g/mol. The predicted molar refractivity (Wildman–Crippen MR) is 128 cm³/mol. The number of hydrogen-bond acceptors (Lipinski definition) is 6. The Labute approximate surface area is 189 Å². The Balaban J connectivity index is 1.90. The van der Waals surface area contributed by atoms with Crippen LogP contribution in [-0.2, 0) is 6.54 Å². The van der Waals surface area contributed by atoms with Crippen LogP contribution in [0.5, 0.6) is 0 Å². The SMILES string of the molecule is Cc1cc2nc3c(=O)[nH]c(=O)nc-3n(CC[N+](C)(C)CCN(C)CCN(C)C)c2cc1C. The molecule has 0 atom stereocenters. The molecule has 32 heavy (non-hydrogen) atoms. The molecule has 0 radical (unpaired) electrons. The average molecular weight is 443 g/mol. The fourth-order valence-electron chi connectivity index (χ4n) is 3.68. The molecule has 0 unspecified atom stereocenters. The van der Waals surface area contributed by atoms with Crippen LogP contribution in [0.25, 0.3) is 22.6 Å². The number of aromatic nitrogens is 4. The summed E-state index contributed by atoms with van der Waals surface area (Å²) in [7, 11) is 10.7. The summed E-state index contributed by atoms with van der Waals surface area (Å²) in [6, 6.07) is 4.06. The summed E-state index contributed by atoms with van der Waals surface area (Å²) in [6.07, 6.45) is 0. The van der Waals surface area contributed by atoms with Gasteiger partial charge in [0.05, 0.1) is 44.8 Å². The summed E-state index contributed by atoms with van der Waals surface area (Å²) < 4.78 is 2.79. The number of rotatable bonds is 9. The van der Waals surface area contributed by atoms with E-state index in [0.717, 1.165) is 59.4 Å². The lowest BCUT2D eigenvalue weighted by atomic mass is 10.1. The molecule has 174 valence electrons. The zero-order valence-corrected chi connectivity index (χ0v) is 20.4. The van der Waals surface area contributed by atoms with Gasteiger partial charge in [-0.15, -0.1) is 0 Å². The maximum atomic E-state index is 12.5. The Morgan fingerprint density at radius 3 is 2.34 bits per heavy atom. The number of nitrogens with one attached hydrogen (secondary N) is 1. The number of aromatic amines is 1. The van der Waals surface area contributed by atoms with E-state index in [1.807, 2.05) is 17.6 Å². The smallest absolute Gasteiger partial charge is 0.326 e. The molecule has 0 amide bonds. The number of benzene rings is 1. The van der Waals surface area contributed by atoms with Crippen molar-refractivity contribution in [2.24, 2.45) is 0 Å². The minimum absolute atomic E-state index is 0.203. The lowest BCUT2D eigenvalue weighted by Crippen LogP contribution is -2.47. The second-order valence-electron chi connectivity index (χ2n) is 9.72. The molecule has 3 rings (SSSR count). The van der Waals surface area contributed by atoms with Crippen molar-refractivity contribution in [3.05, 3.63) is 44.1 Å². The molecule has 0 aromatic heterocycles. The number of hydrogen-bond donors (Lipinski definition) is 1. The molecule has 2 aliphatic heterocycles. The van der Waals surface area contributed by atoms with E-state index in [4.69, 9.17) is 0 Å². The van der Waals surface area contributed by atoms with E-state index in [-0.39, 0.29) is 5.69 Å². The van der Waals surface area contributed by atoms with Gasteiger partial charge in [-0.25, -0.2) is 9.78 Å². The number of nitrogens with zero attached hydrogens (tertiary/aromatic N) is 6. The molecule has 0 spiro atoms. The van der Waals surface area contributed by atoms with Gasteiger partial charge in [0.1, 0.15) is 0 Å². The van der Waals surface area contributed by atoms with Crippen LogP contribution in [0, 0.1) is 13.8 Å². The summed E-state index contributed by atoms with van der Waals surface area (Å²) in [6.45, 7) is 9.58. The van der Waals surface area contributed by atoms with Crippen molar-refractivity contribution in [3.63, 3.8) is 0 Å². The minimum Gasteiger partial charge on any atom is -0.326 e. The third-order valence-corrected chi connectivity index (χ3v) is 6.17. The fourth-order valence-corrected chi connectivity index (χ4v) is 3.68. The highest BCUT2D eigenvalue weighted by Crippen LogP contribution is 2.24. The Kier molecular flexibility index (Phi) is 7.12. The molecule has 0 bridgehead atoms. The Hall–Kier alpha value is -2.62. The van der Waals surface area contributed by atoms with Gasteiger partial charge in [-0.1, -0.05) is 0 Å². The number of fused-ring (bicyclic) bond motifs is 2. The molecular weight excluding hydrogens is 406 g/mol. The zero-order chi connectivity index (χ0) is 23.6. The quantitative estimate of drug-likeness (QED) is 0.389. The number of likely N-dealkylation sites (N-methyl/N-ethyl adjacent to an activating group) is 3. The normalized spacial score (nSPS) is 12.5. The van der Waals surface area contributed by atoms with E-state index in [1.54, 1.807) is 0 Å². The van der Waals surface area contributed by atoms with Crippen LogP contribution in [0.15, 0.2) is 21.7 Å². The summed E-state index contributed by atoms with van der Waals surface area (Å²) in [4.78, 5) is 39.9. The maximum Gasteiger partial charge on any atom is 0.349 e. The summed E-state index contributed by atoms with van der Waals surface area (Å²) >= 11 is 0. The molecule has 1 aromatic carbocycles. The van der Waals surface area contributed by atoms with Crippen LogP contribution < -0.4 is 11.2 Å². The van der Waals surface area contributed by atoms with Crippen molar-refractivity contribution in [2.75, 3.05) is 68.0 Å². The summed E-state index contributed by atoms with van der Waals surface area (Å²) in [5.74, 6) is 0.345. The largest absolute Gasteiger partial charge is 0.349 e. The van der Waals surface area contributed by atoms with E-state index in [1.165, 1.54) is 0 Å². The molecule has 9 nitrogen and oxygen atoms in total. The van der Waals surface area contributed by atoms with Gasteiger partial charge in [0.25, 0.3) is 5.56 Å². The molecular formula is C23H36N7O2+. The van der Waals surface area contributed by atoms with E-state index in [0.29, 0.717) is 12.4 Å². The van der Waals surface area contributed by atoms with Gasteiger partial charge in [0.2, 0.25) is 0 Å². The van der Waals surface area contributed by atoms with E-state index in [9.17, 15) is 9.59 Å². The van der Waals surface area contributed by atoms with Crippen LogP contribution in [0.1, 0.15) is 11.1 Å². The Bertz CT molecular complexity index is 1180.